The van der Waals surface area contributed by atoms with Gasteiger partial charge in [0.25, 0.3) is 5.91 Å². The van der Waals surface area contributed by atoms with Crippen LogP contribution in [-0.2, 0) is 5.41 Å². The number of piperidine rings is 1. The molecule has 0 atom stereocenters. The second-order valence-corrected chi connectivity index (χ2v) is 6.33. The first-order chi connectivity index (χ1) is 11.6. The van der Waals surface area contributed by atoms with E-state index >= 15 is 0 Å². The minimum atomic E-state index is -0.712. The van der Waals surface area contributed by atoms with Crippen LogP contribution in [0.3, 0.4) is 0 Å². The van der Waals surface area contributed by atoms with Gasteiger partial charge in [-0.05, 0) is 32.0 Å². The number of amides is 1. The van der Waals surface area contributed by atoms with E-state index in [1.807, 2.05) is 0 Å². The predicted octanol–water partition coefficient (Wildman–Crippen LogP) is 0.667. The molecule has 1 saturated heterocycles. The van der Waals surface area contributed by atoms with Gasteiger partial charge in [0.15, 0.2) is 5.65 Å². The Bertz CT molecular complexity index is 939. The fourth-order valence-corrected chi connectivity index (χ4v) is 3.67. The number of aliphatic hydroxyl groups excluding tert-OH is 1. The third-order valence-electron chi connectivity index (χ3n) is 5.00. The molecule has 2 aromatic heterocycles. The Labute approximate surface area is 136 Å². The van der Waals surface area contributed by atoms with E-state index in [0.717, 1.165) is 37.6 Å². The molecule has 1 aromatic carbocycles. The molecule has 0 radical (unpaired) electrons. The zero-order valence-electron chi connectivity index (χ0n) is 13.0. The van der Waals surface area contributed by atoms with Crippen molar-refractivity contribution >= 4 is 22.6 Å². The van der Waals surface area contributed by atoms with Crippen LogP contribution >= 0.6 is 0 Å². The number of nitrogens with two attached hydrogens (primary N) is 1. The van der Waals surface area contributed by atoms with Gasteiger partial charge in [-0.25, -0.2) is 13.9 Å². The van der Waals surface area contributed by atoms with E-state index in [9.17, 15) is 14.3 Å². The number of aromatic nitrogens is 3. The summed E-state index contributed by atoms with van der Waals surface area (Å²) in [6.07, 6.45) is 3.35. The van der Waals surface area contributed by atoms with Crippen LogP contribution in [0.1, 0.15) is 28.8 Å². The summed E-state index contributed by atoms with van der Waals surface area (Å²) < 4.78 is 15.4. The molecule has 0 bridgehead atoms. The van der Waals surface area contributed by atoms with Crippen molar-refractivity contribution in [3.63, 3.8) is 0 Å². The number of carbonyl (C=O) groups is 1. The highest BCUT2D eigenvalue weighted by Crippen LogP contribution is 2.36. The fraction of sp³-hybridized carbons (Fsp3) is 0.375. The summed E-state index contributed by atoms with van der Waals surface area (Å²) in [6, 6.07) is 2.39. The summed E-state index contributed by atoms with van der Waals surface area (Å²) >= 11 is 0. The highest BCUT2D eigenvalue weighted by atomic mass is 19.1. The molecule has 3 aromatic rings. The van der Waals surface area contributed by atoms with Crippen LogP contribution in [0.4, 0.5) is 4.39 Å². The molecule has 24 heavy (non-hydrogen) atoms. The number of aromatic amines is 1. The van der Waals surface area contributed by atoms with E-state index < -0.39 is 17.1 Å². The third-order valence-corrected chi connectivity index (χ3v) is 5.00. The SMILES string of the molecule is NC(=O)c1cc(F)cc2nc3c(C4(CO)CCNCC4)c[nH]n3c12. The van der Waals surface area contributed by atoms with Gasteiger partial charge in [0.1, 0.15) is 11.3 Å². The molecule has 0 spiro atoms. The van der Waals surface area contributed by atoms with Gasteiger partial charge in [-0.2, -0.15) is 0 Å². The lowest BCUT2D eigenvalue weighted by molar-refractivity contribution is 0.100. The lowest BCUT2D eigenvalue weighted by atomic mass is 9.75. The number of fused-ring (bicyclic) bond motifs is 3. The lowest BCUT2D eigenvalue weighted by Crippen LogP contribution is -2.42. The van der Waals surface area contributed by atoms with E-state index in [1.165, 1.54) is 6.07 Å². The lowest BCUT2D eigenvalue weighted by Gasteiger charge is -2.35. The number of H-pyrrole nitrogens is 1. The number of primary amides is 1. The number of nitrogens with one attached hydrogen (secondary N) is 2. The van der Waals surface area contributed by atoms with Crippen molar-refractivity contribution in [2.24, 2.45) is 5.73 Å². The maximum Gasteiger partial charge on any atom is 0.251 e. The Balaban J connectivity index is 2.00. The number of rotatable bonds is 3. The number of halogens is 1. The number of benzene rings is 1. The average Bonchev–Trinajstić information content (AvgIpc) is 3.13. The Kier molecular flexibility index (Phi) is 3.33. The van der Waals surface area contributed by atoms with Crippen molar-refractivity contribution in [2.45, 2.75) is 18.3 Å². The van der Waals surface area contributed by atoms with Gasteiger partial charge in [-0.1, -0.05) is 0 Å². The van der Waals surface area contributed by atoms with Crippen molar-refractivity contribution in [3.8, 4) is 0 Å². The standard InChI is InChI=1S/C16H18FN5O2/c17-9-5-10(14(18)24)13-12(6-9)21-15-11(7-20-22(13)15)16(8-23)1-3-19-4-2-16/h5-7,19-20,23H,1-4,8H2,(H2,18,24). The molecule has 1 aliphatic heterocycles. The smallest absolute Gasteiger partial charge is 0.251 e. The van der Waals surface area contributed by atoms with Crippen LogP contribution in [0.2, 0.25) is 0 Å². The third kappa shape index (κ3) is 2.03. The molecular weight excluding hydrogens is 313 g/mol. The molecule has 0 aliphatic carbocycles. The minimum Gasteiger partial charge on any atom is -0.395 e. The van der Waals surface area contributed by atoms with Gasteiger partial charge < -0.3 is 16.2 Å². The zero-order valence-corrected chi connectivity index (χ0v) is 13.0. The molecule has 3 heterocycles. The number of nitrogens with zero attached hydrogens (tertiary/aromatic N) is 2. The maximum absolute atomic E-state index is 13.8. The molecule has 8 heteroatoms. The van der Waals surface area contributed by atoms with Crippen molar-refractivity contribution in [1.29, 1.82) is 0 Å². The molecule has 1 fully saturated rings. The quantitative estimate of drug-likeness (QED) is 0.565. The number of aliphatic hydroxyl groups is 1. The molecule has 7 nitrogen and oxygen atoms in total. The summed E-state index contributed by atoms with van der Waals surface area (Å²) in [6.45, 7) is 1.61. The van der Waals surface area contributed by atoms with Crippen molar-refractivity contribution in [1.82, 2.24) is 19.9 Å². The van der Waals surface area contributed by atoms with Crippen LogP contribution in [0.25, 0.3) is 16.7 Å². The van der Waals surface area contributed by atoms with Gasteiger partial charge in [-0.15, -0.1) is 0 Å². The van der Waals surface area contributed by atoms with Crippen molar-refractivity contribution < 1.29 is 14.3 Å². The van der Waals surface area contributed by atoms with E-state index in [1.54, 1.807) is 10.7 Å². The molecule has 0 saturated carbocycles. The zero-order chi connectivity index (χ0) is 16.9. The molecule has 0 unspecified atom stereocenters. The van der Waals surface area contributed by atoms with Gasteiger partial charge in [-0.3, -0.25) is 9.89 Å². The summed E-state index contributed by atoms with van der Waals surface area (Å²) in [5.74, 6) is -1.27. The van der Waals surface area contributed by atoms with Crippen molar-refractivity contribution in [2.75, 3.05) is 19.7 Å². The molecule has 126 valence electrons. The van der Waals surface area contributed by atoms with Crippen molar-refractivity contribution in [3.05, 3.63) is 35.3 Å². The van der Waals surface area contributed by atoms with Crippen LogP contribution in [0, 0.1) is 5.82 Å². The van der Waals surface area contributed by atoms with E-state index in [2.05, 4.69) is 15.4 Å². The highest BCUT2D eigenvalue weighted by Gasteiger charge is 2.36. The summed E-state index contributed by atoms with van der Waals surface area (Å²) in [7, 11) is 0. The van der Waals surface area contributed by atoms with Gasteiger partial charge in [0.2, 0.25) is 0 Å². The first kappa shape index (κ1) is 15.1. The molecule has 5 N–H and O–H groups in total. The Hall–Kier alpha value is -2.45. The second kappa shape index (κ2) is 5.29. The van der Waals surface area contributed by atoms with E-state index in [4.69, 9.17) is 5.73 Å². The first-order valence-electron chi connectivity index (χ1n) is 7.87. The fourth-order valence-electron chi connectivity index (χ4n) is 3.67. The summed E-state index contributed by atoms with van der Waals surface area (Å²) in [5.41, 5.74) is 7.34. The first-order valence-corrected chi connectivity index (χ1v) is 7.87. The number of hydrogen-bond acceptors (Lipinski definition) is 4. The average molecular weight is 331 g/mol. The normalized spacial score (nSPS) is 17.6. The van der Waals surface area contributed by atoms with E-state index in [0.29, 0.717) is 16.7 Å². The van der Waals surface area contributed by atoms with Crippen LogP contribution < -0.4 is 11.1 Å². The largest absolute Gasteiger partial charge is 0.395 e. The highest BCUT2D eigenvalue weighted by molar-refractivity contribution is 6.05. The molecule has 4 rings (SSSR count). The Morgan fingerprint density at radius 1 is 1.42 bits per heavy atom. The number of carbonyl (C=O) groups excluding carboxylic acids is 1. The summed E-state index contributed by atoms with van der Waals surface area (Å²) in [5, 5.41) is 16.4. The monoisotopic (exact) mass is 331 g/mol. The number of hydrogen-bond donors (Lipinski definition) is 4. The van der Waals surface area contributed by atoms with Gasteiger partial charge in [0.05, 0.1) is 17.7 Å². The maximum atomic E-state index is 13.8. The molecule has 1 amide bonds. The number of imidazole rings is 1. The topological polar surface area (TPSA) is 108 Å². The molecular formula is C16H18FN5O2. The Morgan fingerprint density at radius 3 is 2.83 bits per heavy atom. The predicted molar refractivity (Wildman–Crippen MR) is 86.4 cm³/mol. The van der Waals surface area contributed by atoms with Crippen LogP contribution in [0.15, 0.2) is 18.3 Å². The van der Waals surface area contributed by atoms with Gasteiger partial charge >= 0.3 is 0 Å². The summed E-state index contributed by atoms with van der Waals surface area (Å²) in [4.78, 5) is 16.2. The minimum absolute atomic E-state index is 0.00242. The van der Waals surface area contributed by atoms with Crippen LogP contribution in [0.5, 0.6) is 0 Å². The van der Waals surface area contributed by atoms with E-state index in [-0.39, 0.29) is 12.2 Å². The Morgan fingerprint density at radius 2 is 2.17 bits per heavy atom. The molecule has 1 aliphatic rings. The van der Waals surface area contributed by atoms with Gasteiger partial charge in [0, 0.05) is 23.2 Å². The van der Waals surface area contributed by atoms with Crippen LogP contribution in [-0.4, -0.2) is 45.3 Å². The second-order valence-electron chi connectivity index (χ2n) is 6.33.